The number of aromatic nitrogens is 4. The maximum Gasteiger partial charge on any atom is 0.202 e. The molecule has 0 aliphatic rings. The number of hydrogen-bond acceptors (Lipinski definition) is 4. The molecule has 0 aliphatic heterocycles. The van der Waals surface area contributed by atoms with Gasteiger partial charge in [0.2, 0.25) is 5.88 Å². The average Bonchev–Trinajstić information content (AvgIpc) is 3.14. The largest absolute Gasteiger partial charge is 0.494 e. The van der Waals surface area contributed by atoms with E-state index in [0.29, 0.717) is 12.1 Å². The molecule has 1 aromatic carbocycles. The smallest absolute Gasteiger partial charge is 0.202 e. The number of nitrogens with one attached hydrogen (secondary N) is 1. The summed E-state index contributed by atoms with van der Waals surface area (Å²) in [7, 11) is 0. The maximum absolute atomic E-state index is 10.4. The summed E-state index contributed by atoms with van der Waals surface area (Å²) in [5.74, 6) is 0.188. The molecule has 4 aromatic rings. The number of aromatic hydroxyl groups is 1. The molecule has 6 nitrogen and oxygen atoms in total. The first-order chi connectivity index (χ1) is 11.3. The predicted molar refractivity (Wildman–Crippen MR) is 90.4 cm³/mol. The van der Waals surface area contributed by atoms with Gasteiger partial charge < -0.3 is 5.11 Å². The van der Waals surface area contributed by atoms with E-state index in [2.05, 4.69) is 20.2 Å². The topological polar surface area (TPSA) is 79.1 Å². The fourth-order valence-corrected chi connectivity index (χ4v) is 2.76. The molecule has 23 heavy (non-hydrogen) atoms. The van der Waals surface area contributed by atoms with Crippen LogP contribution in [0.1, 0.15) is 12.5 Å². The van der Waals surface area contributed by atoms with Gasteiger partial charge in [-0.15, -0.1) is 0 Å². The minimum Gasteiger partial charge on any atom is -0.494 e. The Morgan fingerprint density at radius 2 is 2.26 bits per heavy atom. The highest BCUT2D eigenvalue weighted by Crippen LogP contribution is 2.29. The lowest BCUT2D eigenvalue weighted by Gasteiger charge is -2.00. The van der Waals surface area contributed by atoms with Crippen LogP contribution in [0.3, 0.4) is 0 Å². The van der Waals surface area contributed by atoms with Crippen LogP contribution in [0.2, 0.25) is 0 Å². The normalized spacial score (nSPS) is 11.9. The van der Waals surface area contributed by atoms with Crippen molar-refractivity contribution in [1.82, 2.24) is 19.7 Å². The quantitative estimate of drug-likeness (QED) is 0.569. The number of hydrogen-bond donors (Lipinski definition) is 2. The van der Waals surface area contributed by atoms with Gasteiger partial charge in [-0.3, -0.25) is 14.7 Å². The van der Waals surface area contributed by atoms with Crippen molar-refractivity contribution in [3.05, 3.63) is 48.3 Å². The van der Waals surface area contributed by atoms with Gasteiger partial charge in [0, 0.05) is 29.7 Å². The summed E-state index contributed by atoms with van der Waals surface area (Å²) in [6.45, 7) is 2.62. The van der Waals surface area contributed by atoms with Crippen molar-refractivity contribution in [2.75, 3.05) is 0 Å². The second kappa shape index (κ2) is 5.24. The highest BCUT2D eigenvalue weighted by Gasteiger charge is 2.14. The number of fused-ring (bicyclic) bond motifs is 2. The van der Waals surface area contributed by atoms with Gasteiger partial charge in [0.25, 0.3) is 0 Å². The van der Waals surface area contributed by atoms with Crippen molar-refractivity contribution in [3.63, 3.8) is 0 Å². The molecule has 0 atom stereocenters. The molecule has 0 amide bonds. The van der Waals surface area contributed by atoms with Crippen LogP contribution in [0, 0.1) is 0 Å². The summed E-state index contributed by atoms with van der Waals surface area (Å²) in [5, 5.41) is 19.3. The number of benzene rings is 1. The molecular formula is C17H15N5O. The van der Waals surface area contributed by atoms with E-state index >= 15 is 0 Å². The van der Waals surface area contributed by atoms with Gasteiger partial charge in [-0.2, -0.15) is 5.10 Å². The van der Waals surface area contributed by atoms with E-state index in [4.69, 9.17) is 0 Å². The zero-order chi connectivity index (χ0) is 15.8. The fraction of sp³-hybridized carbons (Fsp3) is 0.118. The van der Waals surface area contributed by atoms with Crippen LogP contribution < -0.4 is 0 Å². The van der Waals surface area contributed by atoms with E-state index in [1.54, 1.807) is 23.2 Å². The van der Waals surface area contributed by atoms with Gasteiger partial charge in [0.15, 0.2) is 0 Å². The van der Waals surface area contributed by atoms with Gasteiger partial charge in [0.05, 0.1) is 23.0 Å². The number of H-pyrrole nitrogens is 1. The second-order valence-corrected chi connectivity index (χ2v) is 5.26. The highest BCUT2D eigenvalue weighted by atomic mass is 16.3. The van der Waals surface area contributed by atoms with E-state index in [1.165, 1.54) is 0 Å². The minimum atomic E-state index is 0.188. The summed E-state index contributed by atoms with van der Waals surface area (Å²) < 4.78 is 1.77. The maximum atomic E-state index is 10.4. The standard InChI is InChI=1S/C17H15N5O/c1-2-22-16-13(4-3-7-18-16)14(17(22)23)10-19-12-6-5-11-9-20-21-15(11)8-12/h3-10,23H,2H2,1H3,(H,20,21). The molecule has 0 aliphatic carbocycles. The van der Waals surface area contributed by atoms with Gasteiger partial charge in [-0.25, -0.2) is 4.98 Å². The summed E-state index contributed by atoms with van der Waals surface area (Å²) in [6, 6.07) is 9.60. The number of aliphatic imine (C=N–C) groups is 1. The molecule has 114 valence electrons. The molecule has 0 bridgehead atoms. The Balaban J connectivity index is 1.81. The van der Waals surface area contributed by atoms with E-state index in [-0.39, 0.29) is 5.88 Å². The molecule has 3 aromatic heterocycles. The summed E-state index contributed by atoms with van der Waals surface area (Å²) >= 11 is 0. The van der Waals surface area contributed by atoms with Crippen LogP contribution in [-0.2, 0) is 6.54 Å². The zero-order valence-corrected chi connectivity index (χ0v) is 12.6. The Morgan fingerprint density at radius 3 is 3.13 bits per heavy atom. The third kappa shape index (κ3) is 2.15. The molecular weight excluding hydrogens is 290 g/mol. The van der Waals surface area contributed by atoms with Crippen LogP contribution >= 0.6 is 0 Å². The summed E-state index contributed by atoms with van der Waals surface area (Å²) in [6.07, 6.45) is 5.18. The molecule has 6 heteroatoms. The lowest BCUT2D eigenvalue weighted by atomic mass is 10.2. The first-order valence-corrected chi connectivity index (χ1v) is 7.41. The number of aromatic amines is 1. The first kappa shape index (κ1) is 13.5. The van der Waals surface area contributed by atoms with E-state index in [1.807, 2.05) is 37.3 Å². The lowest BCUT2D eigenvalue weighted by molar-refractivity contribution is 0.424. The molecule has 0 radical (unpaired) electrons. The predicted octanol–water partition coefficient (Wildman–Crippen LogP) is 3.39. The van der Waals surface area contributed by atoms with Gasteiger partial charge in [-0.05, 0) is 37.3 Å². The van der Waals surface area contributed by atoms with Crippen LogP contribution in [0.5, 0.6) is 5.88 Å². The number of rotatable bonds is 3. The van der Waals surface area contributed by atoms with Crippen molar-refractivity contribution in [2.24, 2.45) is 4.99 Å². The third-order valence-corrected chi connectivity index (χ3v) is 3.91. The Hall–Kier alpha value is -3.15. The van der Waals surface area contributed by atoms with Crippen molar-refractivity contribution in [3.8, 4) is 5.88 Å². The average molecular weight is 305 g/mol. The molecule has 0 fully saturated rings. The van der Waals surface area contributed by atoms with Crippen molar-refractivity contribution in [1.29, 1.82) is 0 Å². The molecule has 0 saturated heterocycles. The monoisotopic (exact) mass is 305 g/mol. The lowest BCUT2D eigenvalue weighted by Crippen LogP contribution is -1.94. The molecule has 0 spiro atoms. The van der Waals surface area contributed by atoms with Crippen LogP contribution in [0.15, 0.2) is 47.7 Å². The summed E-state index contributed by atoms with van der Waals surface area (Å²) in [4.78, 5) is 8.84. The van der Waals surface area contributed by atoms with Crippen molar-refractivity contribution in [2.45, 2.75) is 13.5 Å². The Morgan fingerprint density at radius 1 is 1.35 bits per heavy atom. The van der Waals surface area contributed by atoms with Gasteiger partial charge in [0.1, 0.15) is 5.65 Å². The number of aryl methyl sites for hydroxylation is 1. The molecule has 0 saturated carbocycles. The first-order valence-electron chi connectivity index (χ1n) is 7.41. The third-order valence-electron chi connectivity index (χ3n) is 3.91. The fourth-order valence-electron chi connectivity index (χ4n) is 2.76. The Kier molecular flexibility index (Phi) is 3.08. The van der Waals surface area contributed by atoms with E-state index in [0.717, 1.165) is 27.6 Å². The molecule has 0 unspecified atom stereocenters. The minimum absolute atomic E-state index is 0.188. The van der Waals surface area contributed by atoms with Crippen LogP contribution in [0.25, 0.3) is 21.9 Å². The van der Waals surface area contributed by atoms with Gasteiger partial charge in [-0.1, -0.05) is 0 Å². The van der Waals surface area contributed by atoms with Crippen LogP contribution in [0.4, 0.5) is 5.69 Å². The molecule has 4 rings (SSSR count). The molecule has 2 N–H and O–H groups in total. The number of nitrogens with zero attached hydrogens (tertiary/aromatic N) is 4. The van der Waals surface area contributed by atoms with E-state index in [9.17, 15) is 5.11 Å². The second-order valence-electron chi connectivity index (χ2n) is 5.26. The zero-order valence-electron chi connectivity index (χ0n) is 12.6. The Labute approximate surface area is 132 Å². The summed E-state index contributed by atoms with van der Waals surface area (Å²) in [5.41, 5.74) is 3.17. The van der Waals surface area contributed by atoms with Crippen LogP contribution in [-0.4, -0.2) is 31.1 Å². The van der Waals surface area contributed by atoms with E-state index < -0.39 is 0 Å². The Bertz CT molecular complexity index is 1030. The molecule has 3 heterocycles. The van der Waals surface area contributed by atoms with Gasteiger partial charge >= 0.3 is 0 Å². The van der Waals surface area contributed by atoms with Crippen molar-refractivity contribution >= 4 is 33.8 Å². The van der Waals surface area contributed by atoms with Crippen molar-refractivity contribution < 1.29 is 5.11 Å². The highest BCUT2D eigenvalue weighted by molar-refractivity contribution is 6.02. The SMILES string of the molecule is CCn1c(O)c(C=Nc2ccc3cn[nH]c3c2)c2cccnc21. The number of pyridine rings is 1.